The van der Waals surface area contributed by atoms with Crippen molar-refractivity contribution in [3.05, 3.63) is 185 Å². The Morgan fingerprint density at radius 1 is 0.622 bits per heavy atom. The highest BCUT2D eigenvalue weighted by Crippen LogP contribution is 2.62. The number of hydrogen-bond donors (Lipinski definition) is 0. The predicted molar refractivity (Wildman–Crippen MR) is 176 cm³/mol. The zero-order valence-corrected chi connectivity index (χ0v) is 24.2. The van der Waals surface area contributed by atoms with Crippen LogP contribution >= 0.6 is 0 Å². The summed E-state index contributed by atoms with van der Waals surface area (Å²) < 4.78 is 6.49. The van der Waals surface area contributed by atoms with Crippen molar-refractivity contribution in [1.29, 1.82) is 0 Å². The summed E-state index contributed by atoms with van der Waals surface area (Å²) in [6, 6.07) is 47.9. The molecule has 5 aromatic carbocycles. The molecule has 0 bridgehead atoms. The Kier molecular flexibility index (Phi) is 5.66. The van der Waals surface area contributed by atoms with Gasteiger partial charge in [-0.15, -0.1) is 0 Å². The van der Waals surface area contributed by atoms with E-state index in [1.165, 1.54) is 22.3 Å². The van der Waals surface area contributed by atoms with Crippen molar-refractivity contribution >= 4 is 11.1 Å². The van der Waals surface area contributed by atoms with Crippen LogP contribution in [0, 0.1) is 12.1 Å². The predicted octanol–water partition coefficient (Wildman–Crippen LogP) is 9.06. The monoisotopic (exact) mass is 575 g/mol. The molecule has 9 rings (SSSR count). The average molecular weight is 576 g/mol. The molecular weight excluding hydrogens is 550 g/mol. The molecule has 45 heavy (non-hydrogen) atoms. The molecule has 210 valence electrons. The maximum atomic E-state index is 6.49. The van der Waals surface area contributed by atoms with Crippen LogP contribution in [0.1, 0.15) is 34.5 Å². The Morgan fingerprint density at radius 2 is 1.27 bits per heavy atom. The van der Waals surface area contributed by atoms with Gasteiger partial charge in [0, 0.05) is 22.3 Å². The summed E-state index contributed by atoms with van der Waals surface area (Å²) in [6.45, 7) is 0. The van der Waals surface area contributed by atoms with E-state index in [0.717, 1.165) is 39.3 Å². The van der Waals surface area contributed by atoms with Gasteiger partial charge in [-0.3, -0.25) is 0 Å². The summed E-state index contributed by atoms with van der Waals surface area (Å²) in [5.41, 5.74) is 9.27. The van der Waals surface area contributed by atoms with Crippen molar-refractivity contribution in [2.45, 2.75) is 11.8 Å². The summed E-state index contributed by atoms with van der Waals surface area (Å²) in [4.78, 5) is 15.1. The number of aromatic nitrogens is 3. The normalized spacial score (nSPS) is 15.2. The highest BCUT2D eigenvalue weighted by molar-refractivity contribution is 5.94. The molecule has 0 amide bonds. The van der Waals surface area contributed by atoms with Gasteiger partial charge in [0.25, 0.3) is 0 Å². The van der Waals surface area contributed by atoms with Gasteiger partial charge in [-0.1, -0.05) is 133 Å². The molecule has 0 saturated carbocycles. The van der Waals surface area contributed by atoms with E-state index < -0.39 is 5.41 Å². The molecular formula is C41H25N3O. The maximum Gasteiger partial charge on any atom is 0.164 e. The summed E-state index contributed by atoms with van der Waals surface area (Å²) in [7, 11) is 0. The summed E-state index contributed by atoms with van der Waals surface area (Å²) in [6.07, 6.45) is 7.15. The second-order valence-corrected chi connectivity index (χ2v) is 11.4. The molecule has 4 heteroatoms. The summed E-state index contributed by atoms with van der Waals surface area (Å²) in [5.74, 6) is 3.61. The van der Waals surface area contributed by atoms with E-state index in [2.05, 4.69) is 72.8 Å². The lowest BCUT2D eigenvalue weighted by molar-refractivity contribution is 0.433. The minimum absolute atomic E-state index is 0.612. The first kappa shape index (κ1) is 25.4. The van der Waals surface area contributed by atoms with Gasteiger partial charge < -0.3 is 4.74 Å². The van der Waals surface area contributed by atoms with Crippen molar-refractivity contribution in [2.75, 3.05) is 0 Å². The van der Waals surface area contributed by atoms with E-state index >= 15 is 0 Å². The van der Waals surface area contributed by atoms with Crippen molar-refractivity contribution in [2.24, 2.45) is 0 Å². The molecule has 0 N–H and O–H groups in total. The van der Waals surface area contributed by atoms with Crippen LogP contribution in [-0.2, 0) is 5.41 Å². The Hall–Kier alpha value is -6.05. The first-order chi connectivity index (χ1) is 22.3. The van der Waals surface area contributed by atoms with Crippen LogP contribution in [0.3, 0.4) is 0 Å². The van der Waals surface area contributed by atoms with Crippen molar-refractivity contribution in [3.63, 3.8) is 0 Å². The number of benzene rings is 4. The molecule has 6 aromatic rings. The van der Waals surface area contributed by atoms with Crippen molar-refractivity contribution < 1.29 is 4.74 Å². The molecule has 2 aliphatic carbocycles. The fourth-order valence-electron chi connectivity index (χ4n) is 7.06. The van der Waals surface area contributed by atoms with E-state index in [-0.39, 0.29) is 0 Å². The third kappa shape index (κ3) is 3.84. The molecule has 4 nitrogen and oxygen atoms in total. The Labute approximate surface area is 261 Å². The second kappa shape index (κ2) is 10.0. The smallest absolute Gasteiger partial charge is 0.164 e. The molecule has 3 aliphatic rings. The van der Waals surface area contributed by atoms with Gasteiger partial charge in [-0.25, -0.2) is 15.0 Å². The van der Waals surface area contributed by atoms with Crippen LogP contribution < -0.4 is 4.74 Å². The Balaban J connectivity index is 1.27. The van der Waals surface area contributed by atoms with E-state index in [9.17, 15) is 0 Å². The highest BCUT2D eigenvalue weighted by atomic mass is 16.5. The fraction of sp³-hybridized carbons (Fsp3) is 0.0488. The number of para-hydroxylation sites is 1. The first-order valence-electron chi connectivity index (χ1n) is 15.1. The van der Waals surface area contributed by atoms with Gasteiger partial charge in [0.1, 0.15) is 11.5 Å². The third-order valence-electron chi connectivity index (χ3n) is 8.96. The molecule has 2 heterocycles. The lowest BCUT2D eigenvalue weighted by atomic mass is 9.64. The standard InChI is InChI=1S/C41H25N3O/c1-3-14-27(15-4-1)38-42-39(28-16-5-2-6-17-28)44-40(43-38)29-18-13-20-31-30-19-7-8-21-32(30)41(35(31)26-29)33-22-9-11-24-36(33)45-37-25-12-10-23-34(37)41/h1-9,11-22,24-25H,26H2. The van der Waals surface area contributed by atoms with Gasteiger partial charge in [-0.05, 0) is 46.9 Å². The zero-order valence-electron chi connectivity index (χ0n) is 24.2. The Bertz CT molecular complexity index is 2110. The molecule has 0 fully saturated rings. The zero-order chi connectivity index (χ0) is 29.8. The van der Waals surface area contributed by atoms with Gasteiger partial charge in [0.15, 0.2) is 17.5 Å². The number of rotatable bonds is 3. The lowest BCUT2D eigenvalue weighted by Gasteiger charge is -2.39. The number of allylic oxidation sites excluding steroid dienone is 6. The minimum Gasteiger partial charge on any atom is -0.456 e. The average Bonchev–Trinajstić information content (AvgIpc) is 3.22. The molecule has 1 aliphatic heterocycles. The van der Waals surface area contributed by atoms with E-state index in [4.69, 9.17) is 19.7 Å². The summed E-state index contributed by atoms with van der Waals surface area (Å²) in [5, 5.41) is 0. The third-order valence-corrected chi connectivity index (χ3v) is 8.96. The lowest BCUT2D eigenvalue weighted by Crippen LogP contribution is -2.33. The second-order valence-electron chi connectivity index (χ2n) is 11.4. The molecule has 1 atom stereocenters. The fourth-order valence-corrected chi connectivity index (χ4v) is 7.06. The largest absolute Gasteiger partial charge is 0.456 e. The number of ether oxygens (including phenoxy) is 1. The Morgan fingerprint density at radius 3 is 2.02 bits per heavy atom. The van der Waals surface area contributed by atoms with Crippen LogP contribution in [0.5, 0.6) is 11.5 Å². The van der Waals surface area contributed by atoms with Crippen LogP contribution in [0.2, 0.25) is 0 Å². The van der Waals surface area contributed by atoms with Crippen LogP contribution in [0.4, 0.5) is 0 Å². The van der Waals surface area contributed by atoms with E-state index in [1.807, 2.05) is 78.9 Å². The first-order valence-corrected chi connectivity index (χ1v) is 15.1. The maximum absolute atomic E-state index is 6.49. The van der Waals surface area contributed by atoms with Gasteiger partial charge in [0.05, 0.1) is 11.0 Å². The summed E-state index contributed by atoms with van der Waals surface area (Å²) >= 11 is 0. The van der Waals surface area contributed by atoms with Gasteiger partial charge >= 0.3 is 0 Å². The number of fused-ring (bicyclic) bond motifs is 8. The molecule has 0 radical (unpaired) electrons. The van der Waals surface area contributed by atoms with Crippen LogP contribution in [-0.4, -0.2) is 15.0 Å². The topological polar surface area (TPSA) is 47.9 Å². The van der Waals surface area contributed by atoms with E-state index in [1.54, 1.807) is 0 Å². The van der Waals surface area contributed by atoms with Crippen molar-refractivity contribution in [1.82, 2.24) is 15.0 Å². The molecule has 1 spiro atoms. The van der Waals surface area contributed by atoms with Crippen LogP contribution in [0.25, 0.3) is 33.9 Å². The van der Waals surface area contributed by atoms with E-state index in [0.29, 0.717) is 23.9 Å². The number of nitrogens with zero attached hydrogens (tertiary/aromatic N) is 3. The van der Waals surface area contributed by atoms with Gasteiger partial charge in [-0.2, -0.15) is 0 Å². The quantitative estimate of drug-likeness (QED) is 0.211. The highest BCUT2D eigenvalue weighted by Gasteiger charge is 2.52. The minimum atomic E-state index is -0.612. The van der Waals surface area contributed by atoms with Crippen molar-refractivity contribution in [3.8, 4) is 34.3 Å². The molecule has 0 saturated heterocycles. The van der Waals surface area contributed by atoms with Gasteiger partial charge in [0.2, 0.25) is 0 Å². The SMILES string of the molecule is c1ccc2c(c#1)C1(C3=C(C=CC=C(c4nc(-c5ccccc5)nc(-c5ccccc5)n4)C3)c3ccccc31)c1ccccc1O2. The molecule has 1 unspecified atom stereocenters. The van der Waals surface area contributed by atoms with Crippen LogP contribution in [0.15, 0.2) is 145 Å². The number of hydrogen-bond acceptors (Lipinski definition) is 4. The molecule has 1 aromatic heterocycles.